The molecule has 0 unspecified atom stereocenters. The molecule has 0 bridgehead atoms. The fourth-order valence-corrected chi connectivity index (χ4v) is 7.48. The van der Waals surface area contributed by atoms with E-state index < -0.39 is 20.6 Å². The van der Waals surface area contributed by atoms with E-state index in [0.717, 1.165) is 40.6 Å². The molecule has 0 aliphatic heterocycles. The van der Waals surface area contributed by atoms with Gasteiger partial charge in [-0.2, -0.15) is 4.31 Å². The number of thiophene rings is 1. The van der Waals surface area contributed by atoms with Gasteiger partial charge in [0.25, 0.3) is 5.69 Å². The first-order valence-electron chi connectivity index (χ1n) is 12.5. The van der Waals surface area contributed by atoms with Gasteiger partial charge in [-0.15, -0.1) is 11.3 Å². The van der Waals surface area contributed by atoms with Crippen molar-refractivity contribution in [1.29, 1.82) is 0 Å². The van der Waals surface area contributed by atoms with Crippen molar-refractivity contribution >= 4 is 44.6 Å². The molecule has 4 rings (SSSR count). The molecular weight excluding hydrogens is 546 g/mol. The number of hydrogen-bond acceptors (Lipinski definition) is 6. The molecule has 8 nitrogen and oxygen atoms in total. The summed E-state index contributed by atoms with van der Waals surface area (Å²) in [7, 11) is -4.22. The highest BCUT2D eigenvalue weighted by molar-refractivity contribution is 7.89. The smallest absolute Gasteiger partial charge is 0.289 e. The Hall–Kier alpha value is -2.79. The standard InChI is InChI=1S/C27H30ClN3O5S2/c1-20-12-13-23(37-20)18-29(17-21-8-4-2-5-9-21)27(32)19-30(22-10-6-3-7-11-22)38(35,36)24-14-15-25(28)26(16-24)31(33)34/h2,4-5,8-9,12-16,22H,3,6-7,10-11,17-19H2,1H3. The van der Waals surface area contributed by atoms with Crippen LogP contribution in [-0.2, 0) is 27.9 Å². The van der Waals surface area contributed by atoms with Crippen molar-refractivity contribution in [3.8, 4) is 0 Å². The molecule has 0 radical (unpaired) electrons. The summed E-state index contributed by atoms with van der Waals surface area (Å²) in [5.41, 5.74) is 0.455. The van der Waals surface area contributed by atoms with Gasteiger partial charge in [0.1, 0.15) is 5.02 Å². The summed E-state index contributed by atoms with van der Waals surface area (Å²) in [5.74, 6) is -0.322. The topological polar surface area (TPSA) is 101 Å². The molecule has 0 saturated heterocycles. The van der Waals surface area contributed by atoms with Crippen LogP contribution in [0.5, 0.6) is 0 Å². The second kappa shape index (κ2) is 12.4. The van der Waals surface area contributed by atoms with E-state index in [2.05, 4.69) is 0 Å². The highest BCUT2D eigenvalue weighted by Crippen LogP contribution is 2.32. The average molecular weight is 576 g/mol. The molecule has 0 atom stereocenters. The Morgan fingerprint density at radius 1 is 1.05 bits per heavy atom. The van der Waals surface area contributed by atoms with E-state index in [4.69, 9.17) is 11.6 Å². The van der Waals surface area contributed by atoms with Crippen LogP contribution in [0.3, 0.4) is 0 Å². The van der Waals surface area contributed by atoms with E-state index in [9.17, 15) is 23.3 Å². The fraction of sp³-hybridized carbons (Fsp3) is 0.370. The van der Waals surface area contributed by atoms with Gasteiger partial charge in [0.2, 0.25) is 15.9 Å². The van der Waals surface area contributed by atoms with Crippen molar-refractivity contribution in [3.63, 3.8) is 0 Å². The Bertz CT molecular complexity index is 1390. The molecule has 1 amide bonds. The third-order valence-corrected chi connectivity index (χ3v) is 9.91. The van der Waals surface area contributed by atoms with Crippen LogP contribution >= 0.6 is 22.9 Å². The van der Waals surface area contributed by atoms with Gasteiger partial charge in [0, 0.05) is 28.4 Å². The van der Waals surface area contributed by atoms with Crippen LogP contribution < -0.4 is 0 Å². The number of nitro benzene ring substituents is 1. The summed E-state index contributed by atoms with van der Waals surface area (Å²) in [6.07, 6.45) is 3.97. The molecule has 1 saturated carbocycles. The van der Waals surface area contributed by atoms with E-state index in [1.54, 1.807) is 16.2 Å². The fourth-order valence-electron chi connectivity index (χ4n) is 4.74. The number of nitro groups is 1. The second-order valence-electron chi connectivity index (χ2n) is 9.46. The van der Waals surface area contributed by atoms with Crippen LogP contribution in [0, 0.1) is 17.0 Å². The Labute approximate surface area is 232 Å². The predicted octanol–water partition coefficient (Wildman–Crippen LogP) is 6.17. The summed E-state index contributed by atoms with van der Waals surface area (Å²) in [5, 5.41) is 11.3. The van der Waals surface area contributed by atoms with Crippen LogP contribution in [0.1, 0.15) is 47.4 Å². The lowest BCUT2D eigenvalue weighted by Gasteiger charge is -2.34. The van der Waals surface area contributed by atoms with Crippen molar-refractivity contribution in [1.82, 2.24) is 9.21 Å². The normalized spacial score (nSPS) is 14.5. The monoisotopic (exact) mass is 575 g/mol. The first kappa shape index (κ1) is 28.2. The number of rotatable bonds is 10. The molecule has 1 aromatic heterocycles. The number of halogens is 1. The number of carbonyl (C=O) groups is 1. The zero-order valence-corrected chi connectivity index (χ0v) is 23.5. The van der Waals surface area contributed by atoms with Crippen molar-refractivity contribution in [2.75, 3.05) is 6.54 Å². The van der Waals surface area contributed by atoms with Crippen molar-refractivity contribution in [3.05, 3.63) is 91.1 Å². The Balaban J connectivity index is 1.67. The van der Waals surface area contributed by atoms with Gasteiger partial charge in [-0.05, 0) is 49.6 Å². The molecule has 1 fully saturated rings. The third-order valence-electron chi connectivity index (χ3n) is 6.71. The lowest BCUT2D eigenvalue weighted by molar-refractivity contribution is -0.384. The van der Waals surface area contributed by atoms with Crippen molar-refractivity contribution < 1.29 is 18.1 Å². The number of aryl methyl sites for hydroxylation is 1. The largest absolute Gasteiger partial charge is 0.332 e. The summed E-state index contributed by atoms with van der Waals surface area (Å²) < 4.78 is 29.0. The molecule has 1 aliphatic rings. The quantitative estimate of drug-likeness (QED) is 0.212. The first-order chi connectivity index (χ1) is 18.1. The Morgan fingerprint density at radius 2 is 1.76 bits per heavy atom. The van der Waals surface area contributed by atoms with E-state index in [0.29, 0.717) is 25.9 Å². The second-order valence-corrected chi connectivity index (χ2v) is 13.1. The van der Waals surface area contributed by atoms with Crippen molar-refractivity contribution in [2.24, 2.45) is 0 Å². The lowest BCUT2D eigenvalue weighted by atomic mass is 9.95. The number of hydrogen-bond donors (Lipinski definition) is 0. The molecule has 38 heavy (non-hydrogen) atoms. The van der Waals surface area contributed by atoms with E-state index >= 15 is 0 Å². The van der Waals surface area contributed by atoms with E-state index in [1.807, 2.05) is 49.4 Å². The molecule has 3 aromatic rings. The molecular formula is C27H30ClN3O5S2. The molecule has 1 heterocycles. The van der Waals surface area contributed by atoms with E-state index in [-0.39, 0.29) is 28.4 Å². The summed E-state index contributed by atoms with van der Waals surface area (Å²) in [4.78, 5) is 28.1. The molecule has 11 heteroatoms. The summed E-state index contributed by atoms with van der Waals surface area (Å²) in [6.45, 7) is 2.35. The zero-order valence-electron chi connectivity index (χ0n) is 21.1. The third kappa shape index (κ3) is 6.79. The Morgan fingerprint density at radius 3 is 2.39 bits per heavy atom. The molecule has 0 spiro atoms. The van der Waals surface area contributed by atoms with Gasteiger partial charge in [-0.3, -0.25) is 14.9 Å². The SMILES string of the molecule is Cc1ccc(CN(Cc2ccccc2)C(=O)CN(C2CCCCC2)S(=O)(=O)c2ccc(Cl)c([N+](=O)[O-])c2)s1. The zero-order chi connectivity index (χ0) is 27.3. The van der Waals surface area contributed by atoms with Gasteiger partial charge in [0.05, 0.1) is 22.9 Å². The van der Waals surface area contributed by atoms with Crippen LogP contribution in [0.2, 0.25) is 5.02 Å². The van der Waals surface area contributed by atoms with Crippen LogP contribution in [-0.4, -0.2) is 41.0 Å². The van der Waals surface area contributed by atoms with Gasteiger partial charge in [-0.25, -0.2) is 8.42 Å². The minimum absolute atomic E-state index is 0.144. The van der Waals surface area contributed by atoms with Gasteiger partial charge < -0.3 is 4.90 Å². The van der Waals surface area contributed by atoms with Crippen LogP contribution in [0.15, 0.2) is 65.6 Å². The first-order valence-corrected chi connectivity index (χ1v) is 15.1. The maximum atomic E-state index is 13.9. The molecule has 202 valence electrons. The number of carbonyl (C=O) groups excluding carboxylic acids is 1. The van der Waals surface area contributed by atoms with Crippen LogP contribution in [0.4, 0.5) is 5.69 Å². The highest BCUT2D eigenvalue weighted by Gasteiger charge is 2.36. The number of sulfonamides is 1. The maximum Gasteiger partial charge on any atom is 0.289 e. The molecule has 2 aromatic carbocycles. The maximum absolute atomic E-state index is 13.9. The lowest BCUT2D eigenvalue weighted by Crippen LogP contribution is -2.47. The highest BCUT2D eigenvalue weighted by atomic mass is 35.5. The summed E-state index contributed by atoms with van der Waals surface area (Å²) >= 11 is 7.54. The number of benzene rings is 2. The van der Waals surface area contributed by atoms with Gasteiger partial charge in [0.15, 0.2) is 0 Å². The van der Waals surface area contributed by atoms with Gasteiger partial charge >= 0.3 is 0 Å². The predicted molar refractivity (Wildman–Crippen MR) is 149 cm³/mol. The average Bonchev–Trinajstić information content (AvgIpc) is 3.32. The van der Waals surface area contributed by atoms with Gasteiger partial charge in [-0.1, -0.05) is 61.2 Å². The summed E-state index contributed by atoms with van der Waals surface area (Å²) in [6, 6.07) is 16.6. The number of amides is 1. The minimum Gasteiger partial charge on any atom is -0.332 e. The Kier molecular flexibility index (Phi) is 9.19. The molecule has 0 N–H and O–H groups in total. The molecule has 1 aliphatic carbocycles. The van der Waals surface area contributed by atoms with Crippen molar-refractivity contribution in [2.45, 2.75) is 63.1 Å². The number of nitrogens with zero attached hydrogens (tertiary/aromatic N) is 3. The van der Waals surface area contributed by atoms with E-state index in [1.165, 1.54) is 16.4 Å². The minimum atomic E-state index is -4.22. The van der Waals surface area contributed by atoms with Crippen LogP contribution in [0.25, 0.3) is 0 Å².